The Balaban J connectivity index is 1.42. The van der Waals surface area contributed by atoms with Gasteiger partial charge < -0.3 is 29.3 Å². The Kier molecular flexibility index (Phi) is 9.74. The van der Waals surface area contributed by atoms with E-state index in [4.69, 9.17) is 14.2 Å². The minimum atomic E-state index is 0.638. The molecule has 0 spiro atoms. The van der Waals surface area contributed by atoms with Crippen molar-refractivity contribution < 1.29 is 14.2 Å². The van der Waals surface area contributed by atoms with Crippen molar-refractivity contribution in [1.82, 2.24) is 20.0 Å². The Bertz CT molecular complexity index is 703. The maximum Gasteiger partial charge on any atom is 0.203 e. The lowest BCUT2D eigenvalue weighted by Crippen LogP contribution is -2.52. The van der Waals surface area contributed by atoms with Gasteiger partial charge in [0.05, 0.1) is 21.3 Å². The van der Waals surface area contributed by atoms with E-state index in [0.29, 0.717) is 17.2 Å². The van der Waals surface area contributed by atoms with Crippen molar-refractivity contribution in [3.05, 3.63) is 17.7 Å². The zero-order valence-corrected chi connectivity index (χ0v) is 20.4. The molecule has 0 bridgehead atoms. The van der Waals surface area contributed by atoms with Gasteiger partial charge in [0.15, 0.2) is 17.5 Å². The Hall–Kier alpha value is -2.19. The number of hydrogen-bond donors (Lipinski definition) is 1. The van der Waals surface area contributed by atoms with Gasteiger partial charge in [-0.3, -0.25) is 9.89 Å². The highest BCUT2D eigenvalue weighted by atomic mass is 16.5. The summed E-state index contributed by atoms with van der Waals surface area (Å²) >= 11 is 0. The van der Waals surface area contributed by atoms with Crippen molar-refractivity contribution in [2.24, 2.45) is 4.99 Å². The second-order valence-corrected chi connectivity index (χ2v) is 8.53. The van der Waals surface area contributed by atoms with Crippen molar-refractivity contribution in [1.29, 1.82) is 0 Å². The third-order valence-electron chi connectivity index (χ3n) is 6.40. The van der Waals surface area contributed by atoms with Crippen LogP contribution in [0.3, 0.4) is 0 Å². The number of likely N-dealkylation sites (tertiary alicyclic amines) is 1. The molecular formula is C24H41N5O3. The molecule has 8 nitrogen and oxygen atoms in total. The second-order valence-electron chi connectivity index (χ2n) is 8.53. The number of rotatable bonds is 10. The van der Waals surface area contributed by atoms with Crippen LogP contribution < -0.4 is 19.5 Å². The molecular weight excluding hydrogens is 406 g/mol. The Labute approximate surface area is 193 Å². The SMILES string of the molecule is CN=C(NCCCCN1CCCC1)N1CCN(Cc2cc(OC)c(OC)c(OC)c2)CC1. The molecule has 1 aromatic carbocycles. The number of unbranched alkanes of at least 4 members (excludes halogenated alkanes) is 1. The highest BCUT2D eigenvalue weighted by Gasteiger charge is 2.21. The van der Waals surface area contributed by atoms with Crippen molar-refractivity contribution in [3.8, 4) is 17.2 Å². The van der Waals surface area contributed by atoms with Crippen LogP contribution in [-0.2, 0) is 6.54 Å². The monoisotopic (exact) mass is 447 g/mol. The molecule has 0 amide bonds. The molecule has 1 N–H and O–H groups in total. The molecule has 3 rings (SSSR count). The van der Waals surface area contributed by atoms with Crippen LogP contribution in [0.1, 0.15) is 31.2 Å². The molecule has 0 unspecified atom stereocenters. The smallest absolute Gasteiger partial charge is 0.203 e. The quantitative estimate of drug-likeness (QED) is 0.335. The highest BCUT2D eigenvalue weighted by molar-refractivity contribution is 5.79. The van der Waals surface area contributed by atoms with Gasteiger partial charge in [0.2, 0.25) is 5.75 Å². The van der Waals surface area contributed by atoms with Crippen LogP contribution in [0.15, 0.2) is 17.1 Å². The minimum absolute atomic E-state index is 0.638. The van der Waals surface area contributed by atoms with Gasteiger partial charge in [0.1, 0.15) is 0 Å². The molecule has 0 aromatic heterocycles. The van der Waals surface area contributed by atoms with Gasteiger partial charge in [-0.1, -0.05) is 0 Å². The normalized spacial score (nSPS) is 18.1. The lowest BCUT2D eigenvalue weighted by molar-refractivity contribution is 0.172. The summed E-state index contributed by atoms with van der Waals surface area (Å²) in [5, 5.41) is 3.56. The highest BCUT2D eigenvalue weighted by Crippen LogP contribution is 2.38. The van der Waals surface area contributed by atoms with Gasteiger partial charge in [-0.05, 0) is 63.0 Å². The number of piperazine rings is 1. The number of methoxy groups -OCH3 is 3. The van der Waals surface area contributed by atoms with Crippen LogP contribution in [0, 0.1) is 0 Å². The largest absolute Gasteiger partial charge is 0.493 e. The first kappa shape index (κ1) is 24.5. The van der Waals surface area contributed by atoms with Crippen LogP contribution in [0.2, 0.25) is 0 Å². The summed E-state index contributed by atoms with van der Waals surface area (Å²) in [4.78, 5) is 11.9. The predicted octanol–water partition coefficient (Wildman–Crippen LogP) is 2.28. The van der Waals surface area contributed by atoms with E-state index in [1.165, 1.54) is 45.3 Å². The van der Waals surface area contributed by atoms with E-state index in [9.17, 15) is 0 Å². The number of guanidine groups is 1. The molecule has 0 atom stereocenters. The van der Waals surface area contributed by atoms with Crippen molar-refractivity contribution in [2.75, 3.05) is 80.7 Å². The zero-order valence-electron chi connectivity index (χ0n) is 20.4. The molecule has 8 heteroatoms. The molecule has 1 aromatic rings. The van der Waals surface area contributed by atoms with Gasteiger partial charge in [0.25, 0.3) is 0 Å². The van der Waals surface area contributed by atoms with E-state index in [1.54, 1.807) is 21.3 Å². The summed E-state index contributed by atoms with van der Waals surface area (Å²) < 4.78 is 16.4. The number of hydrogen-bond acceptors (Lipinski definition) is 6. The Morgan fingerprint density at radius 2 is 1.53 bits per heavy atom. The van der Waals surface area contributed by atoms with E-state index < -0.39 is 0 Å². The molecule has 0 saturated carbocycles. The number of benzene rings is 1. The van der Waals surface area contributed by atoms with Crippen molar-refractivity contribution in [3.63, 3.8) is 0 Å². The number of nitrogens with zero attached hydrogens (tertiary/aromatic N) is 4. The third kappa shape index (κ3) is 6.65. The van der Waals surface area contributed by atoms with Crippen LogP contribution >= 0.6 is 0 Å². The fraction of sp³-hybridized carbons (Fsp3) is 0.708. The Morgan fingerprint density at radius 3 is 2.09 bits per heavy atom. The zero-order chi connectivity index (χ0) is 22.8. The van der Waals surface area contributed by atoms with E-state index in [1.807, 2.05) is 19.2 Å². The summed E-state index contributed by atoms with van der Waals surface area (Å²) in [5.41, 5.74) is 1.16. The molecule has 2 saturated heterocycles. The lowest BCUT2D eigenvalue weighted by Gasteiger charge is -2.36. The van der Waals surface area contributed by atoms with Gasteiger partial charge in [0, 0.05) is 46.3 Å². The second kappa shape index (κ2) is 12.7. The summed E-state index contributed by atoms with van der Waals surface area (Å²) in [6.45, 7) is 9.58. The van der Waals surface area contributed by atoms with E-state index in [2.05, 4.69) is 25.0 Å². The maximum absolute atomic E-state index is 5.50. The van der Waals surface area contributed by atoms with Crippen LogP contribution in [0.4, 0.5) is 0 Å². The predicted molar refractivity (Wildman–Crippen MR) is 129 cm³/mol. The lowest BCUT2D eigenvalue weighted by atomic mass is 10.1. The number of ether oxygens (including phenoxy) is 3. The molecule has 2 heterocycles. The van der Waals surface area contributed by atoms with Gasteiger partial charge in [-0.25, -0.2) is 0 Å². The average Bonchev–Trinajstić information content (AvgIpc) is 3.35. The van der Waals surface area contributed by atoms with Crippen LogP contribution in [0.5, 0.6) is 17.2 Å². The number of aliphatic imine (C=N–C) groups is 1. The van der Waals surface area contributed by atoms with Crippen molar-refractivity contribution in [2.45, 2.75) is 32.2 Å². The minimum Gasteiger partial charge on any atom is -0.493 e. The molecule has 2 aliphatic heterocycles. The average molecular weight is 448 g/mol. The molecule has 2 fully saturated rings. The summed E-state index contributed by atoms with van der Waals surface area (Å²) in [7, 11) is 6.83. The van der Waals surface area contributed by atoms with Crippen LogP contribution in [-0.4, -0.2) is 101 Å². The summed E-state index contributed by atoms with van der Waals surface area (Å²) in [6.07, 6.45) is 5.19. The third-order valence-corrected chi connectivity index (χ3v) is 6.40. The first-order chi connectivity index (χ1) is 15.7. The first-order valence-corrected chi connectivity index (χ1v) is 11.9. The molecule has 2 aliphatic rings. The molecule has 0 radical (unpaired) electrons. The topological polar surface area (TPSA) is 61.8 Å². The first-order valence-electron chi connectivity index (χ1n) is 11.9. The van der Waals surface area contributed by atoms with Gasteiger partial charge >= 0.3 is 0 Å². The van der Waals surface area contributed by atoms with E-state index in [-0.39, 0.29) is 0 Å². The molecule has 180 valence electrons. The van der Waals surface area contributed by atoms with Gasteiger partial charge in [-0.2, -0.15) is 0 Å². The summed E-state index contributed by atoms with van der Waals surface area (Å²) in [6, 6.07) is 4.08. The van der Waals surface area contributed by atoms with E-state index in [0.717, 1.165) is 50.8 Å². The van der Waals surface area contributed by atoms with Gasteiger partial charge in [-0.15, -0.1) is 0 Å². The van der Waals surface area contributed by atoms with E-state index >= 15 is 0 Å². The fourth-order valence-corrected chi connectivity index (χ4v) is 4.60. The Morgan fingerprint density at radius 1 is 0.875 bits per heavy atom. The molecule has 0 aliphatic carbocycles. The van der Waals surface area contributed by atoms with Crippen LogP contribution in [0.25, 0.3) is 0 Å². The maximum atomic E-state index is 5.50. The summed E-state index contributed by atoms with van der Waals surface area (Å²) in [5.74, 6) is 3.07. The van der Waals surface area contributed by atoms with Crippen molar-refractivity contribution >= 4 is 5.96 Å². The number of nitrogens with one attached hydrogen (secondary N) is 1. The standard InChI is InChI=1S/C24H41N5O3/c1-25-24(26-9-5-6-10-27-11-7-8-12-27)29-15-13-28(14-16-29)19-20-17-21(30-2)23(32-4)22(18-20)31-3/h17-18H,5-16,19H2,1-4H3,(H,25,26). The fourth-order valence-electron chi connectivity index (χ4n) is 4.60. The molecule has 32 heavy (non-hydrogen) atoms.